The molecule has 1 rings (SSSR count). The quantitative estimate of drug-likeness (QED) is 0.888. The number of aromatic nitrogens is 1. The number of nitrogens with zero attached hydrogens (tertiary/aromatic N) is 1. The Kier molecular flexibility index (Phi) is 4.69. The van der Waals surface area contributed by atoms with Gasteiger partial charge in [-0.25, -0.2) is 4.98 Å². The first-order chi connectivity index (χ1) is 6.22. The Morgan fingerprint density at radius 2 is 2.54 bits per heavy atom. The minimum atomic E-state index is 0.304. The predicted octanol–water partition coefficient (Wildman–Crippen LogP) is 2.74. The van der Waals surface area contributed by atoms with E-state index >= 15 is 0 Å². The molecular formula is C8H13BrN2OS. The second kappa shape index (κ2) is 5.57. The maximum absolute atomic E-state index is 5.28. The van der Waals surface area contributed by atoms with Crippen molar-refractivity contribution in [2.75, 3.05) is 18.5 Å². The molecule has 0 amide bonds. The lowest BCUT2D eigenvalue weighted by Gasteiger charge is -2.11. The zero-order valence-electron chi connectivity index (χ0n) is 7.71. The molecule has 0 spiro atoms. The number of halogens is 1. The number of thiazole rings is 1. The van der Waals surface area contributed by atoms with Gasteiger partial charge in [0, 0.05) is 18.0 Å². The van der Waals surface area contributed by atoms with Gasteiger partial charge in [-0.2, -0.15) is 0 Å². The lowest BCUT2D eigenvalue weighted by molar-refractivity contribution is 0.141. The third-order valence-corrected chi connectivity index (χ3v) is 2.90. The SMILES string of the molecule is CCOCC(C)Nc1nc(Br)cs1. The summed E-state index contributed by atoms with van der Waals surface area (Å²) in [6, 6.07) is 0.304. The van der Waals surface area contributed by atoms with E-state index < -0.39 is 0 Å². The summed E-state index contributed by atoms with van der Waals surface area (Å²) in [5.74, 6) is 0. The van der Waals surface area contributed by atoms with Gasteiger partial charge in [0.05, 0.1) is 6.61 Å². The highest BCUT2D eigenvalue weighted by Crippen LogP contribution is 2.19. The third-order valence-electron chi connectivity index (χ3n) is 1.42. The van der Waals surface area contributed by atoms with Crippen LogP contribution in [-0.2, 0) is 4.74 Å². The summed E-state index contributed by atoms with van der Waals surface area (Å²) in [6.45, 7) is 5.54. The van der Waals surface area contributed by atoms with E-state index in [0.717, 1.165) is 16.3 Å². The molecule has 3 nitrogen and oxygen atoms in total. The van der Waals surface area contributed by atoms with Crippen molar-refractivity contribution in [3.05, 3.63) is 9.98 Å². The van der Waals surface area contributed by atoms with Crippen LogP contribution in [0.2, 0.25) is 0 Å². The smallest absolute Gasteiger partial charge is 0.184 e. The summed E-state index contributed by atoms with van der Waals surface area (Å²) in [6.07, 6.45) is 0. The van der Waals surface area contributed by atoms with Crippen LogP contribution in [0.1, 0.15) is 13.8 Å². The number of anilines is 1. The molecule has 74 valence electrons. The standard InChI is InChI=1S/C8H13BrN2OS/c1-3-12-4-6(2)10-8-11-7(9)5-13-8/h5-6H,3-4H2,1-2H3,(H,10,11). The minimum Gasteiger partial charge on any atom is -0.380 e. The van der Waals surface area contributed by atoms with Gasteiger partial charge in [-0.1, -0.05) is 0 Å². The van der Waals surface area contributed by atoms with Crippen LogP contribution >= 0.6 is 27.3 Å². The van der Waals surface area contributed by atoms with Crippen LogP contribution in [-0.4, -0.2) is 24.2 Å². The van der Waals surface area contributed by atoms with Crippen molar-refractivity contribution < 1.29 is 4.74 Å². The van der Waals surface area contributed by atoms with E-state index in [1.807, 2.05) is 12.3 Å². The van der Waals surface area contributed by atoms with Crippen LogP contribution in [0.25, 0.3) is 0 Å². The molecule has 0 saturated carbocycles. The Morgan fingerprint density at radius 3 is 3.08 bits per heavy atom. The Bertz CT molecular complexity index is 254. The summed E-state index contributed by atoms with van der Waals surface area (Å²) in [5.41, 5.74) is 0. The minimum absolute atomic E-state index is 0.304. The number of hydrogen-bond donors (Lipinski definition) is 1. The zero-order chi connectivity index (χ0) is 9.68. The van der Waals surface area contributed by atoms with E-state index in [9.17, 15) is 0 Å². The highest BCUT2D eigenvalue weighted by Gasteiger charge is 2.04. The van der Waals surface area contributed by atoms with Crippen molar-refractivity contribution in [1.82, 2.24) is 4.98 Å². The summed E-state index contributed by atoms with van der Waals surface area (Å²) in [7, 11) is 0. The maximum atomic E-state index is 5.28. The van der Waals surface area contributed by atoms with Crippen LogP contribution in [0.3, 0.4) is 0 Å². The monoisotopic (exact) mass is 264 g/mol. The first-order valence-electron chi connectivity index (χ1n) is 4.17. The average molecular weight is 265 g/mol. The molecule has 1 aromatic heterocycles. The lowest BCUT2D eigenvalue weighted by Crippen LogP contribution is -2.21. The van der Waals surface area contributed by atoms with Gasteiger partial charge < -0.3 is 10.1 Å². The Balaban J connectivity index is 2.31. The molecule has 1 unspecified atom stereocenters. The first-order valence-corrected chi connectivity index (χ1v) is 5.85. The fraction of sp³-hybridized carbons (Fsp3) is 0.625. The predicted molar refractivity (Wildman–Crippen MR) is 59.4 cm³/mol. The summed E-state index contributed by atoms with van der Waals surface area (Å²) in [4.78, 5) is 4.23. The van der Waals surface area contributed by atoms with Crippen LogP contribution < -0.4 is 5.32 Å². The molecule has 0 aliphatic carbocycles. The van der Waals surface area contributed by atoms with Gasteiger partial charge in [-0.05, 0) is 29.8 Å². The zero-order valence-corrected chi connectivity index (χ0v) is 10.1. The third kappa shape index (κ3) is 4.06. The molecule has 0 fully saturated rings. The van der Waals surface area contributed by atoms with Crippen molar-refractivity contribution in [2.24, 2.45) is 0 Å². The molecule has 0 saturated heterocycles. The summed E-state index contributed by atoms with van der Waals surface area (Å²) < 4.78 is 6.16. The molecule has 0 aromatic carbocycles. The van der Waals surface area contributed by atoms with Gasteiger partial charge in [-0.15, -0.1) is 11.3 Å². The Labute approximate surface area is 90.6 Å². The van der Waals surface area contributed by atoms with Crippen LogP contribution in [0.4, 0.5) is 5.13 Å². The molecule has 1 heterocycles. The molecule has 0 bridgehead atoms. The molecule has 1 N–H and O–H groups in total. The van der Waals surface area contributed by atoms with Crippen molar-refractivity contribution in [2.45, 2.75) is 19.9 Å². The maximum Gasteiger partial charge on any atom is 0.184 e. The van der Waals surface area contributed by atoms with E-state index in [0.29, 0.717) is 12.6 Å². The van der Waals surface area contributed by atoms with Crippen LogP contribution in [0, 0.1) is 0 Å². The van der Waals surface area contributed by atoms with E-state index in [-0.39, 0.29) is 0 Å². The van der Waals surface area contributed by atoms with Gasteiger partial charge in [0.15, 0.2) is 5.13 Å². The number of hydrogen-bond acceptors (Lipinski definition) is 4. The largest absolute Gasteiger partial charge is 0.380 e. The second-order valence-corrected chi connectivity index (χ2v) is 4.35. The fourth-order valence-corrected chi connectivity index (χ4v) is 2.12. The number of nitrogens with one attached hydrogen (secondary N) is 1. The molecule has 1 aromatic rings. The van der Waals surface area contributed by atoms with Crippen molar-refractivity contribution in [3.8, 4) is 0 Å². The van der Waals surface area contributed by atoms with Crippen molar-refractivity contribution in [3.63, 3.8) is 0 Å². The summed E-state index contributed by atoms with van der Waals surface area (Å²) in [5, 5.41) is 6.13. The first kappa shape index (κ1) is 10.9. The molecule has 0 aliphatic heterocycles. The molecule has 0 radical (unpaired) electrons. The normalized spacial score (nSPS) is 12.8. The van der Waals surface area contributed by atoms with Gasteiger partial charge in [0.25, 0.3) is 0 Å². The van der Waals surface area contributed by atoms with E-state index in [2.05, 4.69) is 33.2 Å². The Hall–Kier alpha value is -0.130. The van der Waals surface area contributed by atoms with Crippen molar-refractivity contribution >= 4 is 32.4 Å². The fourth-order valence-electron chi connectivity index (χ4n) is 0.868. The van der Waals surface area contributed by atoms with Crippen LogP contribution in [0.5, 0.6) is 0 Å². The van der Waals surface area contributed by atoms with E-state index in [4.69, 9.17) is 4.74 Å². The average Bonchev–Trinajstić information content (AvgIpc) is 2.48. The molecule has 5 heteroatoms. The van der Waals surface area contributed by atoms with Crippen LogP contribution in [0.15, 0.2) is 9.98 Å². The second-order valence-electron chi connectivity index (χ2n) is 2.68. The highest BCUT2D eigenvalue weighted by molar-refractivity contribution is 9.10. The summed E-state index contributed by atoms with van der Waals surface area (Å²) >= 11 is 4.89. The number of rotatable bonds is 5. The van der Waals surface area contributed by atoms with Crippen molar-refractivity contribution in [1.29, 1.82) is 0 Å². The Morgan fingerprint density at radius 1 is 1.77 bits per heavy atom. The highest BCUT2D eigenvalue weighted by atomic mass is 79.9. The molecule has 0 aliphatic rings. The van der Waals surface area contributed by atoms with E-state index in [1.165, 1.54) is 0 Å². The molecule has 1 atom stereocenters. The molecular weight excluding hydrogens is 252 g/mol. The lowest BCUT2D eigenvalue weighted by atomic mass is 10.4. The van der Waals surface area contributed by atoms with E-state index in [1.54, 1.807) is 11.3 Å². The van der Waals surface area contributed by atoms with Gasteiger partial charge in [0.1, 0.15) is 4.60 Å². The van der Waals surface area contributed by atoms with Gasteiger partial charge in [0.2, 0.25) is 0 Å². The number of ether oxygens (including phenoxy) is 1. The topological polar surface area (TPSA) is 34.1 Å². The van der Waals surface area contributed by atoms with Gasteiger partial charge >= 0.3 is 0 Å². The van der Waals surface area contributed by atoms with Gasteiger partial charge in [-0.3, -0.25) is 0 Å². The molecule has 13 heavy (non-hydrogen) atoms.